The van der Waals surface area contributed by atoms with Crippen LogP contribution >= 0.6 is 11.6 Å². The highest BCUT2D eigenvalue weighted by Gasteiger charge is 2.21. The molecule has 2 unspecified atom stereocenters. The largest absolute Gasteiger partial charge is 0.489 e. The standard InChI is InChI=1S/C13H15ClN2O/c14-10-4-5-13(9(6-10)8-15)17-12-3-1-2-11(16)7-12/h4-6,11-12H,1-3,7,16H2. The van der Waals surface area contributed by atoms with Crippen LogP contribution in [0.2, 0.25) is 5.02 Å². The van der Waals surface area contributed by atoms with E-state index in [1.165, 1.54) is 0 Å². The lowest BCUT2D eigenvalue weighted by Gasteiger charge is -2.27. The van der Waals surface area contributed by atoms with E-state index in [4.69, 9.17) is 27.3 Å². The Morgan fingerprint density at radius 3 is 2.94 bits per heavy atom. The summed E-state index contributed by atoms with van der Waals surface area (Å²) >= 11 is 5.83. The first-order valence-electron chi connectivity index (χ1n) is 5.81. The van der Waals surface area contributed by atoms with E-state index in [9.17, 15) is 0 Å². The highest BCUT2D eigenvalue weighted by Crippen LogP contribution is 2.27. The number of nitrogens with zero attached hydrogens (tertiary/aromatic N) is 1. The number of benzene rings is 1. The maximum Gasteiger partial charge on any atom is 0.137 e. The number of ether oxygens (including phenoxy) is 1. The molecule has 1 aliphatic rings. The Kier molecular flexibility index (Phi) is 3.88. The highest BCUT2D eigenvalue weighted by atomic mass is 35.5. The molecule has 0 spiro atoms. The van der Waals surface area contributed by atoms with Gasteiger partial charge in [0.1, 0.15) is 17.9 Å². The summed E-state index contributed by atoms with van der Waals surface area (Å²) in [7, 11) is 0. The third kappa shape index (κ3) is 3.12. The number of halogens is 1. The first-order valence-corrected chi connectivity index (χ1v) is 6.18. The van der Waals surface area contributed by atoms with E-state index in [-0.39, 0.29) is 12.1 Å². The van der Waals surface area contributed by atoms with Crippen LogP contribution < -0.4 is 10.5 Å². The van der Waals surface area contributed by atoms with Crippen LogP contribution in [-0.2, 0) is 0 Å². The molecule has 0 heterocycles. The first-order chi connectivity index (χ1) is 8.19. The van der Waals surface area contributed by atoms with E-state index >= 15 is 0 Å². The minimum Gasteiger partial charge on any atom is -0.489 e. The van der Waals surface area contributed by atoms with Crippen LogP contribution in [0.1, 0.15) is 31.2 Å². The third-order valence-electron chi connectivity index (χ3n) is 3.02. The van der Waals surface area contributed by atoms with Gasteiger partial charge in [0.2, 0.25) is 0 Å². The highest BCUT2D eigenvalue weighted by molar-refractivity contribution is 6.30. The fourth-order valence-corrected chi connectivity index (χ4v) is 2.33. The Labute approximate surface area is 106 Å². The summed E-state index contributed by atoms with van der Waals surface area (Å²) in [5, 5.41) is 9.56. The molecule has 0 aliphatic heterocycles. The van der Waals surface area contributed by atoms with Gasteiger partial charge in [-0.1, -0.05) is 11.6 Å². The van der Waals surface area contributed by atoms with Crippen molar-refractivity contribution in [2.45, 2.75) is 37.8 Å². The number of hydrogen-bond donors (Lipinski definition) is 1. The normalized spacial score (nSPS) is 24.1. The first kappa shape index (κ1) is 12.2. The molecule has 1 fully saturated rings. The van der Waals surface area contributed by atoms with Crippen LogP contribution in [0.3, 0.4) is 0 Å². The van der Waals surface area contributed by atoms with Crippen molar-refractivity contribution in [3.8, 4) is 11.8 Å². The molecule has 0 amide bonds. The topological polar surface area (TPSA) is 59.0 Å². The maximum atomic E-state index is 9.01. The van der Waals surface area contributed by atoms with Crippen molar-refractivity contribution in [2.24, 2.45) is 5.73 Å². The molecule has 4 heteroatoms. The Bertz CT molecular complexity index is 442. The van der Waals surface area contributed by atoms with Crippen LogP contribution in [0.5, 0.6) is 5.75 Å². The zero-order valence-corrected chi connectivity index (χ0v) is 10.3. The second kappa shape index (κ2) is 5.39. The predicted molar refractivity (Wildman–Crippen MR) is 67.0 cm³/mol. The molecule has 2 N–H and O–H groups in total. The monoisotopic (exact) mass is 250 g/mol. The Morgan fingerprint density at radius 1 is 1.41 bits per heavy atom. The van der Waals surface area contributed by atoms with Crippen molar-refractivity contribution in [2.75, 3.05) is 0 Å². The molecule has 1 aromatic rings. The molecule has 0 radical (unpaired) electrons. The van der Waals surface area contributed by atoms with Gasteiger partial charge in [-0.25, -0.2) is 0 Å². The van der Waals surface area contributed by atoms with E-state index in [0.29, 0.717) is 16.3 Å². The molecule has 3 nitrogen and oxygen atoms in total. The number of nitriles is 1. The lowest BCUT2D eigenvalue weighted by Crippen LogP contribution is -2.33. The van der Waals surface area contributed by atoms with Crippen LogP contribution in [-0.4, -0.2) is 12.1 Å². The summed E-state index contributed by atoms with van der Waals surface area (Å²) in [4.78, 5) is 0. The van der Waals surface area contributed by atoms with E-state index in [1.807, 2.05) is 0 Å². The molecule has 90 valence electrons. The summed E-state index contributed by atoms with van der Waals surface area (Å²) in [6.07, 6.45) is 4.12. The zero-order valence-electron chi connectivity index (χ0n) is 9.53. The van der Waals surface area contributed by atoms with Crippen LogP contribution in [0.15, 0.2) is 18.2 Å². The van der Waals surface area contributed by atoms with Crippen molar-refractivity contribution < 1.29 is 4.74 Å². The van der Waals surface area contributed by atoms with Crippen molar-refractivity contribution in [1.82, 2.24) is 0 Å². The van der Waals surface area contributed by atoms with Gasteiger partial charge in [0.25, 0.3) is 0 Å². The van der Waals surface area contributed by atoms with E-state index in [0.717, 1.165) is 25.7 Å². The summed E-state index contributed by atoms with van der Waals surface area (Å²) < 4.78 is 5.84. The average molecular weight is 251 g/mol. The third-order valence-corrected chi connectivity index (χ3v) is 3.26. The Morgan fingerprint density at radius 2 is 2.24 bits per heavy atom. The Hall–Kier alpha value is -1.24. The van der Waals surface area contributed by atoms with Crippen LogP contribution in [0, 0.1) is 11.3 Å². The van der Waals surface area contributed by atoms with Gasteiger partial charge in [-0.2, -0.15) is 5.26 Å². The summed E-state index contributed by atoms with van der Waals surface area (Å²) in [6, 6.07) is 7.42. The average Bonchev–Trinajstić information content (AvgIpc) is 2.31. The lowest BCUT2D eigenvalue weighted by atomic mass is 9.93. The predicted octanol–water partition coefficient (Wildman–Crippen LogP) is 2.86. The van der Waals surface area contributed by atoms with E-state index in [2.05, 4.69) is 6.07 Å². The van der Waals surface area contributed by atoms with Gasteiger partial charge >= 0.3 is 0 Å². The van der Waals surface area contributed by atoms with Gasteiger partial charge in [-0.3, -0.25) is 0 Å². The maximum absolute atomic E-state index is 9.01. The molecule has 2 rings (SSSR count). The van der Waals surface area contributed by atoms with Gasteiger partial charge in [0.05, 0.1) is 5.56 Å². The summed E-state index contributed by atoms with van der Waals surface area (Å²) in [5.41, 5.74) is 6.39. The quantitative estimate of drug-likeness (QED) is 0.878. The van der Waals surface area contributed by atoms with Gasteiger partial charge in [0.15, 0.2) is 0 Å². The van der Waals surface area contributed by atoms with Crippen LogP contribution in [0.25, 0.3) is 0 Å². The van der Waals surface area contributed by atoms with Gasteiger partial charge in [-0.15, -0.1) is 0 Å². The van der Waals surface area contributed by atoms with Gasteiger partial charge < -0.3 is 10.5 Å². The van der Waals surface area contributed by atoms with Crippen LogP contribution in [0.4, 0.5) is 0 Å². The second-order valence-electron chi connectivity index (χ2n) is 4.42. The molecule has 0 bridgehead atoms. The minimum atomic E-state index is 0.118. The lowest BCUT2D eigenvalue weighted by molar-refractivity contribution is 0.144. The number of rotatable bonds is 2. The smallest absolute Gasteiger partial charge is 0.137 e. The van der Waals surface area contributed by atoms with Gasteiger partial charge in [-0.05, 0) is 43.9 Å². The molecule has 0 aromatic heterocycles. The number of hydrogen-bond acceptors (Lipinski definition) is 3. The second-order valence-corrected chi connectivity index (χ2v) is 4.86. The minimum absolute atomic E-state index is 0.118. The van der Waals surface area contributed by atoms with Crippen molar-refractivity contribution in [3.63, 3.8) is 0 Å². The van der Waals surface area contributed by atoms with E-state index < -0.39 is 0 Å². The molecular formula is C13H15ClN2O. The van der Waals surface area contributed by atoms with Crippen molar-refractivity contribution >= 4 is 11.6 Å². The molecule has 1 aromatic carbocycles. The SMILES string of the molecule is N#Cc1cc(Cl)ccc1OC1CCCC(N)C1. The zero-order chi connectivity index (χ0) is 12.3. The van der Waals surface area contributed by atoms with Crippen molar-refractivity contribution in [3.05, 3.63) is 28.8 Å². The van der Waals surface area contributed by atoms with E-state index in [1.54, 1.807) is 18.2 Å². The number of nitrogens with two attached hydrogens (primary N) is 1. The molecule has 2 atom stereocenters. The summed E-state index contributed by atoms with van der Waals surface area (Å²) in [6.45, 7) is 0. The van der Waals surface area contributed by atoms with Crippen molar-refractivity contribution in [1.29, 1.82) is 5.26 Å². The molecular weight excluding hydrogens is 236 g/mol. The molecule has 17 heavy (non-hydrogen) atoms. The molecule has 0 saturated heterocycles. The Balaban J connectivity index is 2.10. The molecule has 1 saturated carbocycles. The molecule has 1 aliphatic carbocycles. The fourth-order valence-electron chi connectivity index (χ4n) is 2.16. The summed E-state index contributed by atoms with van der Waals surface area (Å²) in [5.74, 6) is 0.607. The van der Waals surface area contributed by atoms with Gasteiger partial charge in [0, 0.05) is 11.1 Å². The fraction of sp³-hybridized carbons (Fsp3) is 0.462.